The summed E-state index contributed by atoms with van der Waals surface area (Å²) in [5, 5.41) is 9.45. The molecule has 0 saturated heterocycles. The third-order valence-corrected chi connectivity index (χ3v) is 3.98. The van der Waals surface area contributed by atoms with Crippen LogP contribution in [0.1, 0.15) is 30.2 Å². The van der Waals surface area contributed by atoms with Gasteiger partial charge in [-0.25, -0.2) is 4.98 Å². The second-order valence-electron chi connectivity index (χ2n) is 4.65. The maximum Gasteiger partial charge on any atom is 0.142 e. The van der Waals surface area contributed by atoms with Crippen LogP contribution >= 0.6 is 15.9 Å². The van der Waals surface area contributed by atoms with E-state index in [4.69, 9.17) is 5.73 Å². The first kappa shape index (κ1) is 14.5. The molecule has 0 aliphatic heterocycles. The standard InChI is InChI=1S/C16H16BrN3/c1-3-6-11-10(2)20-16(19)13(9-18)15(11)12-7-4-5-8-14(12)17/h4-5,7-8H,3,6H2,1-2H3,(H2,19,20). The molecule has 3 nitrogen and oxygen atoms in total. The first-order valence-corrected chi connectivity index (χ1v) is 7.33. The fourth-order valence-electron chi connectivity index (χ4n) is 2.39. The van der Waals surface area contributed by atoms with Crippen LogP contribution in [0.2, 0.25) is 0 Å². The van der Waals surface area contributed by atoms with Crippen molar-refractivity contribution < 1.29 is 0 Å². The average Bonchev–Trinajstić information content (AvgIpc) is 2.42. The highest BCUT2D eigenvalue weighted by molar-refractivity contribution is 9.10. The summed E-state index contributed by atoms with van der Waals surface area (Å²) >= 11 is 3.56. The van der Waals surface area contributed by atoms with Gasteiger partial charge in [0.1, 0.15) is 17.5 Å². The number of aryl methyl sites for hydroxylation is 1. The number of pyridine rings is 1. The van der Waals surface area contributed by atoms with Crippen LogP contribution in [0.25, 0.3) is 11.1 Å². The molecule has 0 aliphatic rings. The molecule has 0 aliphatic carbocycles. The minimum atomic E-state index is 0.301. The van der Waals surface area contributed by atoms with E-state index >= 15 is 0 Å². The van der Waals surface area contributed by atoms with Crippen molar-refractivity contribution in [1.82, 2.24) is 4.98 Å². The Balaban J connectivity index is 2.85. The zero-order valence-electron chi connectivity index (χ0n) is 11.6. The highest BCUT2D eigenvalue weighted by atomic mass is 79.9. The summed E-state index contributed by atoms with van der Waals surface area (Å²) in [6.07, 6.45) is 1.87. The van der Waals surface area contributed by atoms with Gasteiger partial charge < -0.3 is 5.73 Å². The molecule has 1 heterocycles. The molecule has 2 aromatic rings. The van der Waals surface area contributed by atoms with Crippen molar-refractivity contribution in [3.63, 3.8) is 0 Å². The van der Waals surface area contributed by atoms with Crippen LogP contribution in [-0.2, 0) is 6.42 Å². The Bertz CT molecular complexity index is 687. The first-order chi connectivity index (χ1) is 9.60. The van der Waals surface area contributed by atoms with Crippen LogP contribution in [0.3, 0.4) is 0 Å². The molecule has 0 amide bonds. The number of benzene rings is 1. The molecule has 20 heavy (non-hydrogen) atoms. The summed E-state index contributed by atoms with van der Waals surface area (Å²) in [6, 6.07) is 10.1. The molecule has 2 N–H and O–H groups in total. The van der Waals surface area contributed by atoms with Gasteiger partial charge in [-0.15, -0.1) is 0 Å². The van der Waals surface area contributed by atoms with Crippen molar-refractivity contribution in [3.05, 3.63) is 45.6 Å². The van der Waals surface area contributed by atoms with E-state index in [0.29, 0.717) is 11.4 Å². The summed E-state index contributed by atoms with van der Waals surface area (Å²) in [4.78, 5) is 4.32. The summed E-state index contributed by atoms with van der Waals surface area (Å²) in [5.74, 6) is 0.301. The number of hydrogen-bond acceptors (Lipinski definition) is 3. The summed E-state index contributed by atoms with van der Waals surface area (Å²) in [6.45, 7) is 4.06. The topological polar surface area (TPSA) is 62.7 Å². The zero-order valence-corrected chi connectivity index (χ0v) is 13.2. The minimum Gasteiger partial charge on any atom is -0.383 e. The number of nitrogens with zero attached hydrogens (tertiary/aromatic N) is 2. The fourth-order valence-corrected chi connectivity index (χ4v) is 2.88. The monoisotopic (exact) mass is 329 g/mol. The lowest BCUT2D eigenvalue weighted by molar-refractivity contribution is 0.901. The lowest BCUT2D eigenvalue weighted by Crippen LogP contribution is -2.05. The lowest BCUT2D eigenvalue weighted by atomic mass is 9.92. The van der Waals surface area contributed by atoms with Gasteiger partial charge in [-0.3, -0.25) is 0 Å². The zero-order chi connectivity index (χ0) is 14.7. The smallest absolute Gasteiger partial charge is 0.142 e. The van der Waals surface area contributed by atoms with Gasteiger partial charge in [0.2, 0.25) is 0 Å². The number of anilines is 1. The van der Waals surface area contributed by atoms with Crippen LogP contribution < -0.4 is 5.73 Å². The summed E-state index contributed by atoms with van der Waals surface area (Å²) < 4.78 is 0.957. The van der Waals surface area contributed by atoms with Crippen molar-refractivity contribution in [1.29, 1.82) is 5.26 Å². The predicted octanol–water partition coefficient (Wildman–Crippen LogP) is 4.23. The second kappa shape index (κ2) is 6.06. The molecule has 0 spiro atoms. The van der Waals surface area contributed by atoms with Crippen LogP contribution in [0, 0.1) is 18.3 Å². The number of nitrogen functional groups attached to an aromatic ring is 1. The summed E-state index contributed by atoms with van der Waals surface area (Å²) in [7, 11) is 0. The van der Waals surface area contributed by atoms with Gasteiger partial charge in [0, 0.05) is 15.7 Å². The molecule has 0 radical (unpaired) electrons. The van der Waals surface area contributed by atoms with Gasteiger partial charge in [-0.1, -0.05) is 47.5 Å². The Hall–Kier alpha value is -1.86. The third-order valence-electron chi connectivity index (χ3n) is 3.29. The van der Waals surface area contributed by atoms with Crippen molar-refractivity contribution >= 4 is 21.7 Å². The van der Waals surface area contributed by atoms with E-state index < -0.39 is 0 Å². The lowest BCUT2D eigenvalue weighted by Gasteiger charge is -2.16. The minimum absolute atomic E-state index is 0.301. The van der Waals surface area contributed by atoms with E-state index in [-0.39, 0.29) is 0 Å². The Morgan fingerprint density at radius 1 is 1.35 bits per heavy atom. The number of aromatic nitrogens is 1. The van der Waals surface area contributed by atoms with Crippen molar-refractivity contribution in [2.24, 2.45) is 0 Å². The van der Waals surface area contributed by atoms with Crippen molar-refractivity contribution in [2.45, 2.75) is 26.7 Å². The third kappa shape index (κ3) is 2.54. The molecule has 0 atom stereocenters. The van der Waals surface area contributed by atoms with E-state index in [9.17, 15) is 5.26 Å². The number of hydrogen-bond donors (Lipinski definition) is 1. The molecule has 1 aromatic heterocycles. The summed E-state index contributed by atoms with van der Waals surface area (Å²) in [5.41, 5.74) is 10.3. The number of nitriles is 1. The second-order valence-corrected chi connectivity index (χ2v) is 5.51. The van der Waals surface area contributed by atoms with E-state index in [2.05, 4.69) is 33.9 Å². The average molecular weight is 330 g/mol. The normalized spacial score (nSPS) is 10.3. The molecule has 1 aromatic carbocycles. The SMILES string of the molecule is CCCc1c(C)nc(N)c(C#N)c1-c1ccccc1Br. The van der Waals surface area contributed by atoms with Gasteiger partial charge in [-0.05, 0) is 30.5 Å². The predicted molar refractivity (Wildman–Crippen MR) is 85.2 cm³/mol. The van der Waals surface area contributed by atoms with E-state index in [1.54, 1.807) is 0 Å². The van der Waals surface area contributed by atoms with Crippen LogP contribution in [0.15, 0.2) is 28.7 Å². The number of nitrogens with two attached hydrogens (primary N) is 1. The Kier molecular flexibility index (Phi) is 4.41. The molecular weight excluding hydrogens is 314 g/mol. The Morgan fingerprint density at radius 2 is 2.05 bits per heavy atom. The molecule has 0 unspecified atom stereocenters. The maximum absolute atomic E-state index is 9.45. The van der Waals surface area contributed by atoms with E-state index in [1.165, 1.54) is 0 Å². The van der Waals surface area contributed by atoms with Gasteiger partial charge in [0.15, 0.2) is 0 Å². The van der Waals surface area contributed by atoms with Crippen LogP contribution in [0.4, 0.5) is 5.82 Å². The molecule has 0 bridgehead atoms. The Morgan fingerprint density at radius 3 is 2.65 bits per heavy atom. The highest BCUT2D eigenvalue weighted by Gasteiger charge is 2.18. The quantitative estimate of drug-likeness (QED) is 0.916. The molecule has 2 rings (SSSR count). The van der Waals surface area contributed by atoms with Gasteiger partial charge in [-0.2, -0.15) is 5.26 Å². The molecule has 0 saturated carbocycles. The first-order valence-electron chi connectivity index (χ1n) is 6.54. The number of rotatable bonds is 3. The fraction of sp³-hybridized carbons (Fsp3) is 0.250. The van der Waals surface area contributed by atoms with Crippen molar-refractivity contribution in [3.8, 4) is 17.2 Å². The molecular formula is C16H16BrN3. The maximum atomic E-state index is 9.45. The van der Waals surface area contributed by atoms with Crippen LogP contribution in [-0.4, -0.2) is 4.98 Å². The van der Waals surface area contributed by atoms with Gasteiger partial charge in [0.05, 0.1) is 0 Å². The van der Waals surface area contributed by atoms with Gasteiger partial charge >= 0.3 is 0 Å². The molecule has 102 valence electrons. The largest absolute Gasteiger partial charge is 0.383 e. The molecule has 0 fully saturated rings. The van der Waals surface area contributed by atoms with Crippen LogP contribution in [0.5, 0.6) is 0 Å². The van der Waals surface area contributed by atoms with E-state index in [1.807, 2.05) is 31.2 Å². The Labute approximate surface area is 127 Å². The molecule has 4 heteroatoms. The van der Waals surface area contributed by atoms with Crippen molar-refractivity contribution in [2.75, 3.05) is 5.73 Å². The van der Waals surface area contributed by atoms with E-state index in [0.717, 1.165) is 39.7 Å². The highest BCUT2D eigenvalue weighted by Crippen LogP contribution is 2.36. The number of halogens is 1. The van der Waals surface area contributed by atoms with Gasteiger partial charge in [0.25, 0.3) is 0 Å².